The average Bonchev–Trinajstić information content (AvgIpc) is 2.68. The van der Waals surface area contributed by atoms with E-state index in [2.05, 4.69) is 23.9 Å². The number of rotatable bonds is 5. The Bertz CT molecular complexity index is 362. The smallest absolute Gasteiger partial charge is 0.0538 e. The van der Waals surface area contributed by atoms with Gasteiger partial charge in [0.2, 0.25) is 0 Å². The van der Waals surface area contributed by atoms with Gasteiger partial charge in [0, 0.05) is 30.5 Å². The summed E-state index contributed by atoms with van der Waals surface area (Å²) in [6, 6.07) is 0.607. The van der Waals surface area contributed by atoms with Crippen LogP contribution in [0.4, 0.5) is 0 Å². The second-order valence-corrected chi connectivity index (χ2v) is 5.43. The minimum absolute atomic E-state index is 0.607. The van der Waals surface area contributed by atoms with E-state index in [0.29, 0.717) is 6.04 Å². The van der Waals surface area contributed by atoms with Gasteiger partial charge in [0.05, 0.1) is 6.20 Å². The monoisotopic (exact) mass is 247 g/mol. The molecular formula is C15H25N3. The summed E-state index contributed by atoms with van der Waals surface area (Å²) in [5.41, 5.74) is 1.23. The number of aromatic nitrogens is 2. The molecule has 1 N–H and O–H groups in total. The van der Waals surface area contributed by atoms with Crippen molar-refractivity contribution in [1.82, 2.24) is 15.1 Å². The topological polar surface area (TPSA) is 29.9 Å². The predicted octanol–water partition coefficient (Wildman–Crippen LogP) is 3.43. The summed E-state index contributed by atoms with van der Waals surface area (Å²) in [5, 5.41) is 7.84. The maximum atomic E-state index is 4.20. The highest BCUT2D eigenvalue weighted by Crippen LogP contribution is 2.25. The van der Waals surface area contributed by atoms with Crippen molar-refractivity contribution in [3.05, 3.63) is 24.5 Å². The summed E-state index contributed by atoms with van der Waals surface area (Å²) in [6.45, 7) is 6.94. The van der Waals surface area contributed by atoms with E-state index in [9.17, 15) is 0 Å². The molecule has 2 rings (SSSR count). The van der Waals surface area contributed by atoms with Gasteiger partial charge in [0.15, 0.2) is 0 Å². The molecule has 0 aromatic carbocycles. The third-order valence-electron chi connectivity index (χ3n) is 4.08. The van der Waals surface area contributed by atoms with Gasteiger partial charge in [-0.05, 0) is 25.7 Å². The van der Waals surface area contributed by atoms with Gasteiger partial charge in [-0.2, -0.15) is 5.10 Å². The third-order valence-corrected chi connectivity index (χ3v) is 4.08. The molecule has 1 atom stereocenters. The van der Waals surface area contributed by atoms with Crippen LogP contribution in [-0.2, 0) is 6.54 Å². The Balaban J connectivity index is 1.79. The third kappa shape index (κ3) is 3.70. The van der Waals surface area contributed by atoms with Crippen molar-refractivity contribution >= 4 is 6.20 Å². The first-order chi connectivity index (χ1) is 8.79. The maximum Gasteiger partial charge on any atom is 0.0538 e. The fourth-order valence-electron chi connectivity index (χ4n) is 2.82. The van der Waals surface area contributed by atoms with Gasteiger partial charge >= 0.3 is 0 Å². The first-order valence-corrected chi connectivity index (χ1v) is 7.18. The lowest BCUT2D eigenvalue weighted by Crippen LogP contribution is -2.32. The Morgan fingerprint density at radius 2 is 2.17 bits per heavy atom. The van der Waals surface area contributed by atoms with Crippen molar-refractivity contribution in [2.24, 2.45) is 5.92 Å². The largest absolute Gasteiger partial charge is 0.310 e. The Kier molecular flexibility index (Phi) is 5.00. The van der Waals surface area contributed by atoms with Crippen molar-refractivity contribution in [1.29, 1.82) is 0 Å². The first kappa shape index (κ1) is 13.3. The molecule has 0 saturated heterocycles. The van der Waals surface area contributed by atoms with Crippen molar-refractivity contribution < 1.29 is 0 Å². The predicted molar refractivity (Wildman–Crippen MR) is 76.1 cm³/mol. The summed E-state index contributed by atoms with van der Waals surface area (Å²) < 4.78 is 1.76. The van der Waals surface area contributed by atoms with E-state index in [1.807, 2.05) is 12.4 Å². The maximum absolute atomic E-state index is 4.20. The summed E-state index contributed by atoms with van der Waals surface area (Å²) >= 11 is 0. The second kappa shape index (κ2) is 6.74. The highest BCUT2D eigenvalue weighted by Gasteiger charge is 2.18. The van der Waals surface area contributed by atoms with Crippen LogP contribution in [0.15, 0.2) is 19.0 Å². The molecule has 18 heavy (non-hydrogen) atoms. The van der Waals surface area contributed by atoms with Crippen molar-refractivity contribution in [3.63, 3.8) is 0 Å². The molecular weight excluding hydrogens is 222 g/mol. The van der Waals surface area contributed by atoms with E-state index >= 15 is 0 Å². The fourth-order valence-corrected chi connectivity index (χ4v) is 2.82. The van der Waals surface area contributed by atoms with Gasteiger partial charge in [-0.3, -0.25) is 0 Å². The van der Waals surface area contributed by atoms with Crippen LogP contribution >= 0.6 is 0 Å². The van der Waals surface area contributed by atoms with Crippen molar-refractivity contribution in [2.75, 3.05) is 0 Å². The fraction of sp³-hybridized carbons (Fsp3) is 0.667. The van der Waals surface area contributed by atoms with Crippen molar-refractivity contribution in [3.8, 4) is 0 Å². The van der Waals surface area contributed by atoms with Crippen LogP contribution in [-0.4, -0.2) is 15.8 Å². The van der Waals surface area contributed by atoms with Gasteiger partial charge < -0.3 is 5.32 Å². The zero-order valence-corrected chi connectivity index (χ0v) is 11.4. The van der Waals surface area contributed by atoms with E-state index < -0.39 is 0 Å². The van der Waals surface area contributed by atoms with Gasteiger partial charge in [0.1, 0.15) is 0 Å². The Labute approximate surface area is 110 Å². The molecule has 1 saturated carbocycles. The summed E-state index contributed by atoms with van der Waals surface area (Å²) in [6.07, 6.45) is 14.1. The average molecular weight is 247 g/mol. The van der Waals surface area contributed by atoms with Crippen LogP contribution in [0.1, 0.15) is 51.0 Å². The minimum atomic E-state index is 0.607. The molecule has 0 radical (unpaired) electrons. The lowest BCUT2D eigenvalue weighted by atomic mass is 9.93. The van der Waals surface area contributed by atoms with Gasteiger partial charge in [-0.25, -0.2) is 4.68 Å². The Morgan fingerprint density at radius 3 is 2.78 bits per heavy atom. The van der Waals surface area contributed by atoms with E-state index in [4.69, 9.17) is 0 Å². The molecule has 1 aliphatic carbocycles. The number of nitrogens with zero attached hydrogens (tertiary/aromatic N) is 2. The van der Waals surface area contributed by atoms with E-state index in [0.717, 1.165) is 12.5 Å². The minimum Gasteiger partial charge on any atom is -0.310 e. The Hall–Kier alpha value is -1.09. The van der Waals surface area contributed by atoms with Gasteiger partial charge in [-0.1, -0.05) is 32.3 Å². The number of hydrogen-bond donors (Lipinski definition) is 1. The van der Waals surface area contributed by atoms with E-state index in [1.165, 1.54) is 44.1 Å². The zero-order chi connectivity index (χ0) is 12.8. The van der Waals surface area contributed by atoms with Crippen LogP contribution < -0.4 is 5.32 Å². The standard InChI is InChI=1S/C15H25N3/c1-3-18-12-14(11-17-18)10-16-13(2)15-8-6-4-5-7-9-15/h3,11-13,15-16H,1,4-10H2,2H3/t13-/m0/s1. The van der Waals surface area contributed by atoms with Gasteiger partial charge in [0.25, 0.3) is 0 Å². The molecule has 1 heterocycles. The highest BCUT2D eigenvalue weighted by atomic mass is 15.2. The van der Waals surface area contributed by atoms with Crippen LogP contribution in [0.5, 0.6) is 0 Å². The molecule has 0 bridgehead atoms. The highest BCUT2D eigenvalue weighted by molar-refractivity contribution is 5.17. The molecule has 0 spiro atoms. The molecule has 3 heteroatoms. The molecule has 0 aliphatic heterocycles. The van der Waals surface area contributed by atoms with Crippen LogP contribution in [0.25, 0.3) is 6.20 Å². The number of nitrogens with one attached hydrogen (secondary N) is 1. The summed E-state index contributed by atoms with van der Waals surface area (Å²) in [4.78, 5) is 0. The molecule has 0 amide bonds. The molecule has 1 aliphatic rings. The lowest BCUT2D eigenvalue weighted by Gasteiger charge is -2.23. The number of hydrogen-bond acceptors (Lipinski definition) is 2. The molecule has 0 unspecified atom stereocenters. The Morgan fingerprint density at radius 1 is 1.44 bits per heavy atom. The molecule has 1 aromatic heterocycles. The second-order valence-electron chi connectivity index (χ2n) is 5.43. The van der Waals surface area contributed by atoms with Crippen LogP contribution in [0, 0.1) is 5.92 Å². The molecule has 3 nitrogen and oxygen atoms in total. The molecule has 1 fully saturated rings. The van der Waals surface area contributed by atoms with Crippen molar-refractivity contribution in [2.45, 2.75) is 58.0 Å². The van der Waals surface area contributed by atoms with Crippen LogP contribution in [0.3, 0.4) is 0 Å². The van der Waals surface area contributed by atoms with Crippen LogP contribution in [0.2, 0.25) is 0 Å². The van der Waals surface area contributed by atoms with Gasteiger partial charge in [-0.15, -0.1) is 0 Å². The quantitative estimate of drug-likeness (QED) is 0.808. The summed E-state index contributed by atoms with van der Waals surface area (Å²) in [7, 11) is 0. The summed E-state index contributed by atoms with van der Waals surface area (Å²) in [5.74, 6) is 0.849. The SMILES string of the molecule is C=Cn1cc(CN[C@@H](C)C2CCCCCC2)cn1. The normalized spacial score (nSPS) is 19.4. The molecule has 1 aromatic rings. The first-order valence-electron chi connectivity index (χ1n) is 7.18. The lowest BCUT2D eigenvalue weighted by molar-refractivity contribution is 0.336. The van der Waals surface area contributed by atoms with E-state index in [-0.39, 0.29) is 0 Å². The molecule has 100 valence electrons. The zero-order valence-electron chi connectivity index (χ0n) is 11.4. The van der Waals surface area contributed by atoms with E-state index in [1.54, 1.807) is 10.9 Å².